The van der Waals surface area contributed by atoms with E-state index in [1.807, 2.05) is 13.8 Å². The highest BCUT2D eigenvalue weighted by Crippen LogP contribution is 2.48. The number of carboxylic acids is 1. The third-order valence-corrected chi connectivity index (χ3v) is 4.30. The molecule has 1 fully saturated rings. The molecule has 0 aliphatic heterocycles. The van der Waals surface area contributed by atoms with Gasteiger partial charge in [0.15, 0.2) is 6.10 Å². The maximum absolute atomic E-state index is 12.1. The van der Waals surface area contributed by atoms with E-state index in [-0.39, 0.29) is 0 Å². The predicted molar refractivity (Wildman–Crippen MR) is 78.2 cm³/mol. The predicted octanol–water partition coefficient (Wildman–Crippen LogP) is 2.56. The average Bonchev–Trinajstić information content (AvgIpc) is 2.20. The van der Waals surface area contributed by atoms with Gasteiger partial charge in [0.25, 0.3) is 0 Å². The first-order valence-corrected chi connectivity index (χ1v) is 7.22. The van der Waals surface area contributed by atoms with E-state index in [9.17, 15) is 14.7 Å². The summed E-state index contributed by atoms with van der Waals surface area (Å²) in [5.41, 5.74) is -1.95. The van der Waals surface area contributed by atoms with Crippen molar-refractivity contribution in [2.75, 3.05) is 7.11 Å². The molecule has 6 nitrogen and oxygen atoms in total. The van der Waals surface area contributed by atoms with E-state index in [2.05, 4.69) is 5.32 Å². The van der Waals surface area contributed by atoms with Crippen molar-refractivity contribution in [2.24, 2.45) is 5.41 Å². The summed E-state index contributed by atoms with van der Waals surface area (Å²) in [6.45, 7) is 9.00. The van der Waals surface area contributed by atoms with Crippen molar-refractivity contribution in [3.8, 4) is 0 Å². The lowest BCUT2D eigenvalue weighted by molar-refractivity contribution is -0.164. The molecule has 0 radical (unpaired) electrons. The van der Waals surface area contributed by atoms with Crippen molar-refractivity contribution in [1.29, 1.82) is 0 Å². The fourth-order valence-electron chi connectivity index (χ4n) is 2.91. The summed E-state index contributed by atoms with van der Waals surface area (Å²) in [7, 11) is 1.38. The van der Waals surface area contributed by atoms with Crippen LogP contribution in [0.25, 0.3) is 0 Å². The first-order chi connectivity index (χ1) is 9.45. The second kappa shape index (κ2) is 5.83. The van der Waals surface area contributed by atoms with Crippen LogP contribution in [0.1, 0.15) is 53.9 Å². The quantitative estimate of drug-likeness (QED) is 0.815. The van der Waals surface area contributed by atoms with Crippen LogP contribution in [0.15, 0.2) is 0 Å². The zero-order valence-corrected chi connectivity index (χ0v) is 13.8. The summed E-state index contributed by atoms with van der Waals surface area (Å²) in [4.78, 5) is 23.5. The Kier molecular flexibility index (Phi) is 4.93. The molecule has 1 saturated carbocycles. The first-order valence-electron chi connectivity index (χ1n) is 7.22. The fourth-order valence-corrected chi connectivity index (χ4v) is 2.91. The minimum absolute atomic E-state index is 0.518. The number of carbonyl (C=O) groups excluding carboxylic acids is 1. The standard InChI is InChI=1S/C15H27NO5/c1-13(2,3)21-12(19)16-15(8-7-9-15)14(4,5)10(20-6)11(17)18/h10H,7-9H2,1-6H3,(H,16,19)(H,17,18). The van der Waals surface area contributed by atoms with Gasteiger partial charge in [-0.2, -0.15) is 0 Å². The molecule has 0 aromatic carbocycles. The van der Waals surface area contributed by atoms with E-state index < -0.39 is 34.7 Å². The van der Waals surface area contributed by atoms with Crippen molar-refractivity contribution >= 4 is 12.1 Å². The van der Waals surface area contributed by atoms with Crippen LogP contribution in [-0.2, 0) is 14.3 Å². The number of nitrogens with one attached hydrogen (secondary N) is 1. The number of methoxy groups -OCH3 is 1. The molecule has 1 aliphatic rings. The molecule has 1 atom stereocenters. The highest BCUT2D eigenvalue weighted by Gasteiger charge is 2.56. The Bertz CT molecular complexity index is 407. The zero-order chi connectivity index (χ0) is 16.5. The van der Waals surface area contributed by atoms with Crippen molar-refractivity contribution < 1.29 is 24.2 Å². The number of carboxylic acid groups (broad SMARTS) is 1. The van der Waals surface area contributed by atoms with Gasteiger partial charge in [-0.1, -0.05) is 13.8 Å². The summed E-state index contributed by atoms with van der Waals surface area (Å²) in [5.74, 6) is -1.03. The van der Waals surface area contributed by atoms with Crippen LogP contribution in [0.4, 0.5) is 4.79 Å². The van der Waals surface area contributed by atoms with Crippen LogP contribution in [0.2, 0.25) is 0 Å². The lowest BCUT2D eigenvalue weighted by Gasteiger charge is -2.54. The summed E-state index contributed by atoms with van der Waals surface area (Å²) >= 11 is 0. The maximum Gasteiger partial charge on any atom is 0.408 e. The van der Waals surface area contributed by atoms with Gasteiger partial charge < -0.3 is 19.9 Å². The summed E-state index contributed by atoms with van der Waals surface area (Å²) in [5, 5.41) is 12.2. The zero-order valence-electron chi connectivity index (χ0n) is 13.8. The molecule has 1 unspecified atom stereocenters. The normalized spacial score (nSPS) is 19.3. The third kappa shape index (κ3) is 3.67. The van der Waals surface area contributed by atoms with Gasteiger partial charge >= 0.3 is 12.1 Å². The molecule has 2 N–H and O–H groups in total. The van der Waals surface area contributed by atoms with Crippen LogP contribution in [0, 0.1) is 5.41 Å². The number of carbonyl (C=O) groups is 2. The Hall–Kier alpha value is -1.30. The van der Waals surface area contributed by atoms with Crippen molar-refractivity contribution in [3.63, 3.8) is 0 Å². The topological polar surface area (TPSA) is 84.9 Å². The van der Waals surface area contributed by atoms with Crippen LogP contribution >= 0.6 is 0 Å². The van der Waals surface area contributed by atoms with Crippen molar-refractivity contribution in [3.05, 3.63) is 0 Å². The molecule has 0 heterocycles. The SMILES string of the molecule is COC(C(=O)O)C(C)(C)C1(NC(=O)OC(C)(C)C)CCC1. The van der Waals surface area contributed by atoms with E-state index in [4.69, 9.17) is 9.47 Å². The lowest BCUT2D eigenvalue weighted by Crippen LogP contribution is -2.67. The summed E-state index contributed by atoms with van der Waals surface area (Å²) in [6.07, 6.45) is 0.858. The van der Waals surface area contributed by atoms with Crippen LogP contribution in [0.3, 0.4) is 0 Å². The Balaban J connectivity index is 2.93. The van der Waals surface area contributed by atoms with Gasteiger partial charge in [0.2, 0.25) is 0 Å². The molecule has 21 heavy (non-hydrogen) atoms. The molecule has 1 rings (SSSR count). The van der Waals surface area contributed by atoms with Crippen LogP contribution in [-0.4, -0.2) is 41.5 Å². The molecule has 0 spiro atoms. The number of alkyl carbamates (subject to hydrolysis) is 1. The van der Waals surface area contributed by atoms with E-state index in [0.717, 1.165) is 6.42 Å². The van der Waals surface area contributed by atoms with Gasteiger partial charge in [-0.05, 0) is 40.0 Å². The Morgan fingerprint density at radius 3 is 2.00 bits per heavy atom. The third-order valence-electron chi connectivity index (χ3n) is 4.30. The number of ether oxygens (including phenoxy) is 2. The minimum atomic E-state index is -1.03. The van der Waals surface area contributed by atoms with Crippen LogP contribution < -0.4 is 5.32 Å². The smallest absolute Gasteiger partial charge is 0.408 e. The Labute approximate surface area is 126 Å². The monoisotopic (exact) mass is 301 g/mol. The first kappa shape index (κ1) is 17.8. The minimum Gasteiger partial charge on any atom is -0.479 e. The average molecular weight is 301 g/mol. The number of amides is 1. The van der Waals surface area contributed by atoms with Gasteiger partial charge in [-0.3, -0.25) is 0 Å². The second-order valence-electron chi connectivity index (χ2n) is 7.24. The lowest BCUT2D eigenvalue weighted by atomic mass is 9.58. The molecule has 0 saturated heterocycles. The molecule has 0 aromatic rings. The van der Waals surface area contributed by atoms with Gasteiger partial charge in [0, 0.05) is 12.5 Å². The fraction of sp³-hybridized carbons (Fsp3) is 0.867. The Morgan fingerprint density at radius 2 is 1.71 bits per heavy atom. The van der Waals surface area contributed by atoms with Gasteiger partial charge in [0.05, 0.1) is 5.54 Å². The molecular formula is C15H27NO5. The molecular weight excluding hydrogens is 274 g/mol. The largest absolute Gasteiger partial charge is 0.479 e. The number of aliphatic carboxylic acids is 1. The highest BCUT2D eigenvalue weighted by atomic mass is 16.6. The molecule has 0 aromatic heterocycles. The van der Waals surface area contributed by atoms with Crippen molar-refractivity contribution in [2.45, 2.75) is 71.1 Å². The number of hydrogen-bond donors (Lipinski definition) is 2. The van der Waals surface area contributed by atoms with Gasteiger partial charge in [-0.15, -0.1) is 0 Å². The maximum atomic E-state index is 12.1. The Morgan fingerprint density at radius 1 is 1.19 bits per heavy atom. The molecule has 1 amide bonds. The molecule has 0 bridgehead atoms. The van der Waals surface area contributed by atoms with E-state index in [1.54, 1.807) is 20.8 Å². The van der Waals surface area contributed by atoms with E-state index >= 15 is 0 Å². The second-order valence-corrected chi connectivity index (χ2v) is 7.24. The number of rotatable bonds is 5. The molecule has 6 heteroatoms. The molecule has 122 valence electrons. The number of hydrogen-bond acceptors (Lipinski definition) is 4. The van der Waals surface area contributed by atoms with Gasteiger partial charge in [0.1, 0.15) is 5.60 Å². The summed E-state index contributed by atoms with van der Waals surface area (Å²) < 4.78 is 10.4. The van der Waals surface area contributed by atoms with E-state index in [0.29, 0.717) is 12.8 Å². The van der Waals surface area contributed by atoms with Crippen molar-refractivity contribution in [1.82, 2.24) is 5.32 Å². The highest BCUT2D eigenvalue weighted by molar-refractivity contribution is 5.75. The van der Waals surface area contributed by atoms with Crippen LogP contribution in [0.5, 0.6) is 0 Å². The van der Waals surface area contributed by atoms with E-state index in [1.165, 1.54) is 7.11 Å². The molecule has 1 aliphatic carbocycles. The van der Waals surface area contributed by atoms with Gasteiger partial charge in [-0.25, -0.2) is 9.59 Å². The summed E-state index contributed by atoms with van der Waals surface area (Å²) in [6, 6.07) is 0.